The molecular weight excluding hydrogens is 296 g/mol. The number of para-hydroxylation sites is 1. The van der Waals surface area contributed by atoms with Crippen molar-refractivity contribution in [3.63, 3.8) is 0 Å². The first-order valence-electron chi connectivity index (χ1n) is 6.07. The summed E-state index contributed by atoms with van der Waals surface area (Å²) >= 11 is 6.29. The Labute approximate surface area is 126 Å². The third-order valence-corrected chi connectivity index (χ3v) is 3.21. The highest BCUT2D eigenvalue weighted by Gasteiger charge is 2.06. The Bertz CT molecular complexity index is 551. The Balaban J connectivity index is 0.000000612. The molecule has 0 radical (unpaired) electrons. The summed E-state index contributed by atoms with van der Waals surface area (Å²) in [5, 5.41) is 12.9. The molecule has 0 bridgehead atoms. The standard InChI is InChI=1S/C11H9NO3S2.C2H7N/c13-9(14)5-6-10(16)15-11-12-7-3-1-2-4-8(7)17-11;1-3-2/h1-4H,5-6H2,(H,13,14);3H,1-2H3. The molecule has 2 N–H and O–H groups in total. The second-order valence-corrected chi connectivity index (χ2v) is 5.32. The summed E-state index contributed by atoms with van der Waals surface area (Å²) in [6.07, 6.45) is 0.0251. The number of aliphatic carboxylic acids is 1. The summed E-state index contributed by atoms with van der Waals surface area (Å²) in [6, 6.07) is 7.62. The van der Waals surface area contributed by atoms with Gasteiger partial charge in [0.05, 0.1) is 24.3 Å². The van der Waals surface area contributed by atoms with Crippen molar-refractivity contribution in [1.82, 2.24) is 4.98 Å². The molecule has 7 heteroatoms. The lowest BCUT2D eigenvalue weighted by molar-refractivity contribution is -0.597. The van der Waals surface area contributed by atoms with E-state index in [1.807, 2.05) is 43.7 Å². The number of carboxylic acids is 1. The molecule has 0 aliphatic heterocycles. The molecule has 0 aliphatic carbocycles. The van der Waals surface area contributed by atoms with Crippen LogP contribution in [0.25, 0.3) is 10.2 Å². The molecule has 1 aromatic carbocycles. The zero-order valence-electron chi connectivity index (χ0n) is 11.3. The summed E-state index contributed by atoms with van der Waals surface area (Å²) < 4.78 is 6.30. The van der Waals surface area contributed by atoms with Crippen LogP contribution in [0.2, 0.25) is 0 Å². The van der Waals surface area contributed by atoms with Crippen molar-refractivity contribution in [2.24, 2.45) is 0 Å². The second-order valence-electron chi connectivity index (χ2n) is 3.87. The Kier molecular flexibility index (Phi) is 7.06. The van der Waals surface area contributed by atoms with Crippen molar-refractivity contribution in [1.29, 1.82) is 0 Å². The molecular formula is C13H16N2O3S2. The maximum atomic E-state index is 10.3. The van der Waals surface area contributed by atoms with Crippen molar-refractivity contribution in [2.45, 2.75) is 12.8 Å². The lowest BCUT2D eigenvalue weighted by atomic mass is 10.3. The minimum atomic E-state index is -1.14. The van der Waals surface area contributed by atoms with E-state index in [9.17, 15) is 9.90 Å². The van der Waals surface area contributed by atoms with Crippen LogP contribution in [0.15, 0.2) is 24.3 Å². The Morgan fingerprint density at radius 2 is 2.05 bits per heavy atom. The number of carbonyl (C=O) groups is 1. The molecule has 20 heavy (non-hydrogen) atoms. The van der Waals surface area contributed by atoms with Gasteiger partial charge in [0.25, 0.3) is 5.19 Å². The van der Waals surface area contributed by atoms with Gasteiger partial charge in [0.2, 0.25) is 0 Å². The van der Waals surface area contributed by atoms with Crippen molar-refractivity contribution in [2.75, 3.05) is 14.1 Å². The first-order chi connectivity index (χ1) is 9.56. The van der Waals surface area contributed by atoms with E-state index >= 15 is 0 Å². The van der Waals surface area contributed by atoms with Gasteiger partial charge in [-0.25, -0.2) is 4.98 Å². The minimum absolute atomic E-state index is 0.135. The molecule has 0 saturated heterocycles. The van der Waals surface area contributed by atoms with Gasteiger partial charge in [-0.3, -0.25) is 0 Å². The molecule has 1 aromatic heterocycles. The van der Waals surface area contributed by atoms with Crippen LogP contribution in [0.3, 0.4) is 0 Å². The molecule has 1 heterocycles. The van der Waals surface area contributed by atoms with E-state index in [-0.39, 0.29) is 17.9 Å². The van der Waals surface area contributed by atoms with E-state index in [1.165, 1.54) is 11.3 Å². The number of thiazole rings is 1. The van der Waals surface area contributed by atoms with E-state index in [1.54, 1.807) is 0 Å². The van der Waals surface area contributed by atoms with Gasteiger partial charge in [0.1, 0.15) is 0 Å². The molecule has 0 amide bonds. The molecule has 0 unspecified atom stereocenters. The molecule has 5 nitrogen and oxygen atoms in total. The van der Waals surface area contributed by atoms with Gasteiger partial charge in [0.15, 0.2) is 5.05 Å². The number of nitrogens with two attached hydrogens (primary N) is 1. The number of nitrogens with zero attached hydrogens (tertiary/aromatic N) is 1. The summed E-state index contributed by atoms with van der Waals surface area (Å²) in [5.74, 6) is -1.14. The highest BCUT2D eigenvalue weighted by molar-refractivity contribution is 7.80. The average molecular weight is 312 g/mol. The van der Waals surface area contributed by atoms with Gasteiger partial charge in [-0.1, -0.05) is 23.5 Å². The zero-order valence-corrected chi connectivity index (χ0v) is 12.9. The predicted octanol–water partition coefficient (Wildman–Crippen LogP) is 0.342. The number of quaternary nitrogens is 1. The van der Waals surface area contributed by atoms with E-state index in [2.05, 4.69) is 4.98 Å². The summed E-state index contributed by atoms with van der Waals surface area (Å²) in [6.45, 7) is 0. The molecule has 108 valence electrons. The van der Waals surface area contributed by atoms with Crippen molar-refractivity contribution >= 4 is 44.8 Å². The van der Waals surface area contributed by atoms with Gasteiger partial charge < -0.3 is 20.0 Å². The molecule has 2 aromatic rings. The van der Waals surface area contributed by atoms with Gasteiger partial charge in [0, 0.05) is 12.4 Å². The Hall–Kier alpha value is -1.57. The van der Waals surface area contributed by atoms with Crippen molar-refractivity contribution in [3.8, 4) is 5.19 Å². The zero-order chi connectivity index (χ0) is 15.0. The quantitative estimate of drug-likeness (QED) is 0.824. The number of benzene rings is 1. The largest absolute Gasteiger partial charge is 0.550 e. The van der Waals surface area contributed by atoms with Crippen LogP contribution in [-0.4, -0.2) is 30.1 Å². The average Bonchev–Trinajstić information content (AvgIpc) is 2.79. The fraction of sp³-hybridized carbons (Fsp3) is 0.308. The molecule has 0 fully saturated rings. The van der Waals surface area contributed by atoms with Gasteiger partial charge in [-0.2, -0.15) is 0 Å². The molecule has 0 spiro atoms. The SMILES string of the molecule is C[NH2+]C.O=C([O-])CCC(=S)Oc1nc2ccccc2s1. The fourth-order valence-electron chi connectivity index (χ4n) is 1.25. The van der Waals surface area contributed by atoms with Crippen LogP contribution < -0.4 is 15.2 Å². The van der Waals surface area contributed by atoms with Crippen LogP contribution in [-0.2, 0) is 4.79 Å². The molecule has 2 rings (SSSR count). The lowest BCUT2D eigenvalue weighted by Gasteiger charge is -2.03. The molecule has 0 atom stereocenters. The predicted molar refractivity (Wildman–Crippen MR) is 80.9 cm³/mol. The number of hydrogen-bond acceptors (Lipinski definition) is 6. The number of ether oxygens (including phenoxy) is 1. The summed E-state index contributed by atoms with van der Waals surface area (Å²) in [4.78, 5) is 14.5. The van der Waals surface area contributed by atoms with Crippen LogP contribution >= 0.6 is 23.6 Å². The number of carbonyl (C=O) groups excluding carboxylic acids is 1. The summed E-state index contributed by atoms with van der Waals surface area (Å²) in [7, 11) is 4.00. The van der Waals surface area contributed by atoms with Crippen LogP contribution in [0, 0.1) is 0 Å². The number of carboxylic acid groups (broad SMARTS) is 1. The Morgan fingerprint density at radius 3 is 2.65 bits per heavy atom. The number of aromatic nitrogens is 1. The second kappa shape index (κ2) is 8.57. The van der Waals surface area contributed by atoms with Crippen LogP contribution in [0.5, 0.6) is 5.19 Å². The fourth-order valence-corrected chi connectivity index (χ4v) is 2.32. The summed E-state index contributed by atoms with van der Waals surface area (Å²) in [5.41, 5.74) is 0.843. The van der Waals surface area contributed by atoms with E-state index < -0.39 is 5.97 Å². The van der Waals surface area contributed by atoms with E-state index in [0.29, 0.717) is 5.19 Å². The topological polar surface area (TPSA) is 78.9 Å². The van der Waals surface area contributed by atoms with Crippen molar-refractivity contribution < 1.29 is 20.0 Å². The molecule has 0 saturated carbocycles. The van der Waals surface area contributed by atoms with E-state index in [4.69, 9.17) is 17.0 Å². The Morgan fingerprint density at radius 1 is 1.40 bits per heavy atom. The smallest absolute Gasteiger partial charge is 0.280 e. The van der Waals surface area contributed by atoms with Crippen molar-refractivity contribution in [3.05, 3.63) is 24.3 Å². The third kappa shape index (κ3) is 5.60. The maximum absolute atomic E-state index is 10.3. The normalized spacial score (nSPS) is 9.70. The first kappa shape index (κ1) is 16.5. The monoisotopic (exact) mass is 312 g/mol. The highest BCUT2D eigenvalue weighted by atomic mass is 32.1. The van der Waals surface area contributed by atoms with Gasteiger partial charge in [-0.05, 0) is 30.8 Å². The van der Waals surface area contributed by atoms with Crippen LogP contribution in [0.1, 0.15) is 12.8 Å². The third-order valence-electron chi connectivity index (χ3n) is 2.01. The minimum Gasteiger partial charge on any atom is -0.550 e. The molecule has 0 aliphatic rings. The van der Waals surface area contributed by atoms with Crippen LogP contribution in [0.4, 0.5) is 0 Å². The lowest BCUT2D eigenvalue weighted by Crippen LogP contribution is -2.74. The van der Waals surface area contributed by atoms with Gasteiger partial charge in [-0.15, -0.1) is 0 Å². The van der Waals surface area contributed by atoms with E-state index in [0.717, 1.165) is 10.2 Å². The number of rotatable bonds is 4. The first-order valence-corrected chi connectivity index (χ1v) is 7.29. The van der Waals surface area contributed by atoms with Gasteiger partial charge >= 0.3 is 0 Å². The number of hydrogen-bond donors (Lipinski definition) is 1. The maximum Gasteiger partial charge on any atom is 0.280 e. The number of fused-ring (bicyclic) bond motifs is 1. The number of thiocarbonyl (C=S) groups is 1. The highest BCUT2D eigenvalue weighted by Crippen LogP contribution is 2.27.